The Morgan fingerprint density at radius 1 is 1.19 bits per heavy atom. The normalized spacial score (nSPS) is 11.1. The van der Waals surface area contributed by atoms with Gasteiger partial charge < -0.3 is 14.6 Å². The molecule has 0 spiro atoms. The molecule has 0 saturated carbocycles. The fourth-order valence-corrected chi connectivity index (χ4v) is 2.16. The molecule has 118 valence electrons. The zero-order valence-electron chi connectivity index (χ0n) is 12.2. The number of ether oxygens (including phenoxy) is 2. The van der Waals surface area contributed by atoms with E-state index in [9.17, 15) is 13.2 Å². The van der Waals surface area contributed by atoms with E-state index in [1.807, 2.05) is 6.92 Å². The average molecular weight is 316 g/mol. The van der Waals surface area contributed by atoms with Crippen molar-refractivity contribution in [2.24, 2.45) is 0 Å². The van der Waals surface area contributed by atoms with E-state index in [0.29, 0.717) is 12.4 Å². The van der Waals surface area contributed by atoms with Crippen LogP contribution in [0.15, 0.2) is 18.2 Å². The molecule has 0 radical (unpaired) electrons. The Morgan fingerprint density at radius 2 is 1.90 bits per heavy atom. The van der Waals surface area contributed by atoms with E-state index >= 15 is 0 Å². The van der Waals surface area contributed by atoms with Gasteiger partial charge in [-0.3, -0.25) is 0 Å². The molecule has 0 saturated heterocycles. The van der Waals surface area contributed by atoms with Gasteiger partial charge in [0.25, 0.3) is 0 Å². The smallest absolute Gasteiger partial charge is 0.339 e. The summed E-state index contributed by atoms with van der Waals surface area (Å²) in [5.74, 6) is -0.646. The SMILES string of the molecule is CCCOc1ccc(C(=O)O)c(OCCS(=O)(=O)CC)c1. The van der Waals surface area contributed by atoms with Crippen LogP contribution in [0.2, 0.25) is 0 Å². The number of carboxylic acids is 1. The molecule has 1 rings (SSSR count). The van der Waals surface area contributed by atoms with Crippen LogP contribution >= 0.6 is 0 Å². The van der Waals surface area contributed by atoms with Crippen LogP contribution in [0.25, 0.3) is 0 Å². The Morgan fingerprint density at radius 3 is 2.48 bits per heavy atom. The summed E-state index contributed by atoms with van der Waals surface area (Å²) in [5, 5.41) is 9.10. The molecule has 6 nitrogen and oxygen atoms in total. The van der Waals surface area contributed by atoms with Gasteiger partial charge >= 0.3 is 5.97 Å². The second-order valence-corrected chi connectivity index (χ2v) is 6.87. The summed E-state index contributed by atoms with van der Waals surface area (Å²) < 4.78 is 33.5. The molecule has 0 aromatic heterocycles. The predicted octanol–water partition coefficient (Wildman–Crippen LogP) is 1.99. The van der Waals surface area contributed by atoms with Crippen LogP contribution in [0.1, 0.15) is 30.6 Å². The maximum Gasteiger partial charge on any atom is 0.339 e. The van der Waals surface area contributed by atoms with Crippen LogP contribution < -0.4 is 9.47 Å². The predicted molar refractivity (Wildman–Crippen MR) is 79.0 cm³/mol. The van der Waals surface area contributed by atoms with Gasteiger partial charge in [-0.05, 0) is 18.6 Å². The van der Waals surface area contributed by atoms with Gasteiger partial charge in [-0.2, -0.15) is 0 Å². The van der Waals surface area contributed by atoms with Crippen LogP contribution in [-0.4, -0.2) is 44.2 Å². The van der Waals surface area contributed by atoms with Gasteiger partial charge in [0.05, 0.1) is 12.4 Å². The Hall–Kier alpha value is -1.76. The number of carbonyl (C=O) groups is 1. The highest BCUT2D eigenvalue weighted by atomic mass is 32.2. The van der Waals surface area contributed by atoms with E-state index in [4.69, 9.17) is 14.6 Å². The fourth-order valence-electron chi connectivity index (χ4n) is 1.53. The highest BCUT2D eigenvalue weighted by molar-refractivity contribution is 7.91. The number of hydrogen-bond acceptors (Lipinski definition) is 5. The molecule has 1 aromatic carbocycles. The second kappa shape index (κ2) is 7.87. The van der Waals surface area contributed by atoms with Gasteiger partial charge in [-0.1, -0.05) is 13.8 Å². The van der Waals surface area contributed by atoms with Crippen molar-refractivity contribution in [2.45, 2.75) is 20.3 Å². The van der Waals surface area contributed by atoms with Crippen molar-refractivity contribution in [1.29, 1.82) is 0 Å². The van der Waals surface area contributed by atoms with Gasteiger partial charge in [0.15, 0.2) is 9.84 Å². The third-order valence-electron chi connectivity index (χ3n) is 2.75. The summed E-state index contributed by atoms with van der Waals surface area (Å²) >= 11 is 0. The molecule has 0 aliphatic carbocycles. The number of benzene rings is 1. The lowest BCUT2D eigenvalue weighted by atomic mass is 10.2. The minimum Gasteiger partial charge on any atom is -0.493 e. The van der Waals surface area contributed by atoms with Crippen LogP contribution in [0.4, 0.5) is 0 Å². The van der Waals surface area contributed by atoms with Crippen LogP contribution in [-0.2, 0) is 9.84 Å². The van der Waals surface area contributed by atoms with Crippen molar-refractivity contribution in [1.82, 2.24) is 0 Å². The Kier molecular flexibility index (Phi) is 6.48. The summed E-state index contributed by atoms with van der Waals surface area (Å²) in [7, 11) is -3.15. The van der Waals surface area contributed by atoms with E-state index in [2.05, 4.69) is 0 Å². The molecule has 0 aliphatic heterocycles. The number of carboxylic acid groups (broad SMARTS) is 1. The third kappa shape index (κ3) is 5.63. The summed E-state index contributed by atoms with van der Waals surface area (Å²) in [6.45, 7) is 3.93. The number of rotatable bonds is 9. The maximum absolute atomic E-state index is 11.4. The lowest BCUT2D eigenvalue weighted by Crippen LogP contribution is -2.16. The van der Waals surface area contributed by atoms with Crippen molar-refractivity contribution < 1.29 is 27.8 Å². The van der Waals surface area contributed by atoms with Crippen molar-refractivity contribution in [3.8, 4) is 11.5 Å². The van der Waals surface area contributed by atoms with E-state index in [1.54, 1.807) is 13.0 Å². The molecule has 0 amide bonds. The van der Waals surface area contributed by atoms with Gasteiger partial charge in [0.1, 0.15) is 23.7 Å². The molecule has 0 unspecified atom stereocenters. The Bertz CT molecular complexity index is 579. The first-order valence-corrected chi connectivity index (χ1v) is 8.55. The summed E-state index contributed by atoms with van der Waals surface area (Å²) in [6.07, 6.45) is 0.825. The summed E-state index contributed by atoms with van der Waals surface area (Å²) in [4.78, 5) is 11.1. The van der Waals surface area contributed by atoms with Gasteiger partial charge in [-0.15, -0.1) is 0 Å². The van der Waals surface area contributed by atoms with E-state index < -0.39 is 15.8 Å². The molecule has 0 aliphatic rings. The highest BCUT2D eigenvalue weighted by Crippen LogP contribution is 2.25. The summed E-state index contributed by atoms with van der Waals surface area (Å²) in [5.41, 5.74) is -0.0206. The minimum absolute atomic E-state index is 0.0206. The Balaban J connectivity index is 2.83. The largest absolute Gasteiger partial charge is 0.493 e. The molecule has 0 fully saturated rings. The number of sulfone groups is 1. The first-order chi connectivity index (χ1) is 9.89. The molecule has 0 atom stereocenters. The van der Waals surface area contributed by atoms with Gasteiger partial charge in [0, 0.05) is 11.8 Å². The molecular weight excluding hydrogens is 296 g/mol. The maximum atomic E-state index is 11.4. The lowest BCUT2D eigenvalue weighted by Gasteiger charge is -2.11. The standard InChI is InChI=1S/C14H20O6S/c1-3-7-19-11-5-6-12(14(15)16)13(10-11)20-8-9-21(17,18)4-2/h5-6,10H,3-4,7-9H2,1-2H3,(H,15,16). The second-order valence-electron chi connectivity index (χ2n) is 4.40. The van der Waals surface area contributed by atoms with E-state index in [0.717, 1.165) is 6.42 Å². The van der Waals surface area contributed by atoms with Crippen molar-refractivity contribution >= 4 is 15.8 Å². The van der Waals surface area contributed by atoms with Gasteiger partial charge in [0.2, 0.25) is 0 Å². The quantitative estimate of drug-likeness (QED) is 0.749. The van der Waals surface area contributed by atoms with Crippen LogP contribution in [0.5, 0.6) is 11.5 Å². The molecule has 0 heterocycles. The zero-order chi connectivity index (χ0) is 15.9. The van der Waals surface area contributed by atoms with Crippen LogP contribution in [0.3, 0.4) is 0 Å². The molecular formula is C14H20O6S. The minimum atomic E-state index is -3.15. The number of hydrogen-bond donors (Lipinski definition) is 1. The molecule has 7 heteroatoms. The third-order valence-corrected chi connectivity index (χ3v) is 4.42. The van der Waals surface area contributed by atoms with Crippen molar-refractivity contribution in [3.05, 3.63) is 23.8 Å². The molecule has 1 N–H and O–H groups in total. The summed E-state index contributed by atoms with van der Waals surface area (Å²) in [6, 6.07) is 4.41. The average Bonchev–Trinajstić information content (AvgIpc) is 2.44. The topological polar surface area (TPSA) is 89.9 Å². The van der Waals surface area contributed by atoms with Crippen molar-refractivity contribution in [2.75, 3.05) is 24.7 Å². The molecule has 21 heavy (non-hydrogen) atoms. The van der Waals surface area contributed by atoms with Crippen molar-refractivity contribution in [3.63, 3.8) is 0 Å². The van der Waals surface area contributed by atoms with E-state index in [-0.39, 0.29) is 29.4 Å². The number of aromatic carboxylic acids is 1. The Labute approximate surface area is 124 Å². The monoisotopic (exact) mass is 316 g/mol. The highest BCUT2D eigenvalue weighted by Gasteiger charge is 2.14. The van der Waals surface area contributed by atoms with Gasteiger partial charge in [-0.25, -0.2) is 13.2 Å². The first-order valence-electron chi connectivity index (χ1n) is 6.73. The first kappa shape index (κ1) is 17.3. The molecule has 1 aromatic rings. The van der Waals surface area contributed by atoms with E-state index in [1.165, 1.54) is 12.1 Å². The lowest BCUT2D eigenvalue weighted by molar-refractivity contribution is 0.0692. The molecule has 0 bridgehead atoms. The fraction of sp³-hybridized carbons (Fsp3) is 0.500. The van der Waals surface area contributed by atoms with Crippen LogP contribution in [0, 0.1) is 0 Å². The zero-order valence-corrected chi connectivity index (χ0v) is 13.0.